The number of halogens is 2. The third kappa shape index (κ3) is 4.93. The fraction of sp³-hybridized carbons (Fsp3) is 0.367. The molecule has 2 aliphatic rings. The lowest BCUT2D eigenvalue weighted by molar-refractivity contribution is -0.132. The highest BCUT2D eigenvalue weighted by molar-refractivity contribution is 6.39. The molecule has 0 spiro atoms. The van der Waals surface area contributed by atoms with E-state index >= 15 is 0 Å². The first kappa shape index (κ1) is 25.4. The first-order chi connectivity index (χ1) is 18.5. The number of fused-ring (bicyclic) bond motifs is 1. The Kier molecular flexibility index (Phi) is 7.12. The number of benzene rings is 2. The second-order valence-electron chi connectivity index (χ2n) is 10.4. The molecule has 38 heavy (non-hydrogen) atoms. The highest BCUT2D eigenvalue weighted by Gasteiger charge is 2.44. The lowest BCUT2D eigenvalue weighted by Crippen LogP contribution is -2.46. The van der Waals surface area contributed by atoms with Crippen LogP contribution >= 0.6 is 23.2 Å². The Bertz CT molecular complexity index is 1460. The number of nitrogens with one attached hydrogen (secondary N) is 1. The van der Waals surface area contributed by atoms with E-state index in [0.717, 1.165) is 53.6 Å². The molecule has 2 saturated carbocycles. The number of anilines is 1. The van der Waals surface area contributed by atoms with Crippen molar-refractivity contribution in [2.75, 3.05) is 11.9 Å². The van der Waals surface area contributed by atoms with Gasteiger partial charge in [0, 0.05) is 28.3 Å². The normalized spacial score (nSPS) is 20.9. The van der Waals surface area contributed by atoms with Crippen molar-refractivity contribution in [1.29, 1.82) is 0 Å². The molecule has 0 bridgehead atoms. The SMILES string of the molecule is CCC1CC(COCc2c(-c3c(Cl)cccc3Cl)noc2C2CC2)C1C(=O)Nc1cnc2ccccc2c1. The molecule has 2 aliphatic carbocycles. The van der Waals surface area contributed by atoms with Crippen molar-refractivity contribution in [2.24, 2.45) is 17.8 Å². The van der Waals surface area contributed by atoms with Gasteiger partial charge in [-0.2, -0.15) is 0 Å². The summed E-state index contributed by atoms with van der Waals surface area (Å²) in [7, 11) is 0. The Morgan fingerprint density at radius 2 is 1.89 bits per heavy atom. The predicted molar refractivity (Wildman–Crippen MR) is 149 cm³/mol. The molecule has 2 aromatic carbocycles. The van der Waals surface area contributed by atoms with Crippen LogP contribution in [0.15, 0.2) is 59.3 Å². The molecule has 4 aromatic rings. The number of para-hydroxylation sites is 1. The summed E-state index contributed by atoms with van der Waals surface area (Å²) < 4.78 is 12.0. The van der Waals surface area contributed by atoms with Crippen molar-refractivity contribution in [3.05, 3.63) is 76.1 Å². The van der Waals surface area contributed by atoms with Gasteiger partial charge in [-0.1, -0.05) is 66.0 Å². The average Bonchev–Trinajstić information content (AvgIpc) is 3.66. The number of hydrogen-bond donors (Lipinski definition) is 1. The smallest absolute Gasteiger partial charge is 0.228 e. The number of rotatable bonds is 9. The van der Waals surface area contributed by atoms with Crippen LogP contribution in [-0.2, 0) is 16.1 Å². The zero-order valence-electron chi connectivity index (χ0n) is 21.1. The Morgan fingerprint density at radius 3 is 2.66 bits per heavy atom. The average molecular weight is 550 g/mol. The number of hydrogen-bond acceptors (Lipinski definition) is 5. The van der Waals surface area contributed by atoms with Crippen LogP contribution in [-0.4, -0.2) is 22.7 Å². The van der Waals surface area contributed by atoms with E-state index in [1.54, 1.807) is 18.3 Å². The fourth-order valence-corrected chi connectivity index (χ4v) is 6.19. The molecule has 196 valence electrons. The topological polar surface area (TPSA) is 77.2 Å². The van der Waals surface area contributed by atoms with E-state index in [1.165, 1.54) is 0 Å². The fourth-order valence-electron chi connectivity index (χ4n) is 5.62. The van der Waals surface area contributed by atoms with Crippen molar-refractivity contribution in [3.63, 3.8) is 0 Å². The summed E-state index contributed by atoms with van der Waals surface area (Å²) in [6.07, 6.45) is 5.79. The first-order valence-corrected chi connectivity index (χ1v) is 13.9. The number of amides is 1. The molecule has 3 atom stereocenters. The van der Waals surface area contributed by atoms with Crippen LogP contribution in [0.25, 0.3) is 22.2 Å². The standard InChI is InChI=1S/C30H29Cl2N3O3/c1-2-17-12-20(26(17)30(36)34-21-13-19-6-3-4-9-25(19)33-14-21)15-37-16-22-28(35-38-29(22)18-10-11-18)27-23(31)7-5-8-24(27)32/h3-9,13-14,17-18,20,26H,2,10-12,15-16H2,1H3,(H,34,36). The predicted octanol–water partition coefficient (Wildman–Crippen LogP) is 7.89. The monoisotopic (exact) mass is 549 g/mol. The summed E-state index contributed by atoms with van der Waals surface area (Å²) in [6.45, 7) is 2.95. The minimum atomic E-state index is -0.102. The number of pyridine rings is 1. The third-order valence-electron chi connectivity index (χ3n) is 7.85. The quantitative estimate of drug-likeness (QED) is 0.229. The number of carbonyl (C=O) groups excluding carboxylic acids is 1. The molecule has 1 amide bonds. The van der Waals surface area contributed by atoms with E-state index in [2.05, 4.69) is 22.4 Å². The molecule has 8 heteroatoms. The third-order valence-corrected chi connectivity index (χ3v) is 8.48. The van der Waals surface area contributed by atoms with Gasteiger partial charge in [0.25, 0.3) is 0 Å². The summed E-state index contributed by atoms with van der Waals surface area (Å²) in [4.78, 5) is 17.8. The largest absolute Gasteiger partial charge is 0.376 e. The van der Waals surface area contributed by atoms with Gasteiger partial charge in [-0.3, -0.25) is 9.78 Å². The van der Waals surface area contributed by atoms with E-state index < -0.39 is 0 Å². The van der Waals surface area contributed by atoms with Crippen molar-refractivity contribution < 1.29 is 14.1 Å². The minimum absolute atomic E-state index is 0.0287. The second-order valence-corrected chi connectivity index (χ2v) is 11.2. The van der Waals surface area contributed by atoms with E-state index in [4.69, 9.17) is 32.5 Å². The van der Waals surface area contributed by atoms with Crippen LogP contribution in [0.5, 0.6) is 0 Å². The Hall–Kier alpha value is -2.93. The van der Waals surface area contributed by atoms with Crippen molar-refractivity contribution in [3.8, 4) is 11.3 Å². The molecule has 2 aromatic heterocycles. The van der Waals surface area contributed by atoms with Gasteiger partial charge in [-0.25, -0.2) is 0 Å². The van der Waals surface area contributed by atoms with Crippen LogP contribution in [0.1, 0.15) is 49.8 Å². The van der Waals surface area contributed by atoms with E-state index in [0.29, 0.717) is 46.4 Å². The molecule has 1 N–H and O–H groups in total. The van der Waals surface area contributed by atoms with Crippen LogP contribution in [0.3, 0.4) is 0 Å². The molecule has 2 fully saturated rings. The Morgan fingerprint density at radius 1 is 1.11 bits per heavy atom. The molecule has 3 unspecified atom stereocenters. The van der Waals surface area contributed by atoms with Gasteiger partial charge in [0.2, 0.25) is 5.91 Å². The maximum Gasteiger partial charge on any atom is 0.228 e. The summed E-state index contributed by atoms with van der Waals surface area (Å²) in [5.74, 6) is 1.62. The van der Waals surface area contributed by atoms with Crippen LogP contribution in [0.4, 0.5) is 5.69 Å². The van der Waals surface area contributed by atoms with Crippen molar-refractivity contribution >= 4 is 45.7 Å². The molecule has 2 heterocycles. The zero-order chi connectivity index (χ0) is 26.2. The van der Waals surface area contributed by atoms with Crippen LogP contribution in [0.2, 0.25) is 10.0 Å². The summed E-state index contributed by atoms with van der Waals surface area (Å²) in [5.41, 5.74) is 3.83. The van der Waals surface area contributed by atoms with Gasteiger partial charge in [0.05, 0.1) is 40.7 Å². The molecule has 0 radical (unpaired) electrons. The van der Waals surface area contributed by atoms with E-state index in [1.807, 2.05) is 36.4 Å². The number of ether oxygens (including phenoxy) is 1. The summed E-state index contributed by atoms with van der Waals surface area (Å²) >= 11 is 13.0. The van der Waals surface area contributed by atoms with Crippen molar-refractivity contribution in [1.82, 2.24) is 10.1 Å². The maximum atomic E-state index is 13.3. The van der Waals surface area contributed by atoms with Gasteiger partial charge < -0.3 is 14.6 Å². The lowest BCUT2D eigenvalue weighted by Gasteiger charge is -2.43. The molecular weight excluding hydrogens is 521 g/mol. The Labute approximate surface area is 231 Å². The van der Waals surface area contributed by atoms with E-state index in [9.17, 15) is 4.79 Å². The van der Waals surface area contributed by atoms with Gasteiger partial charge in [0.15, 0.2) is 0 Å². The first-order valence-electron chi connectivity index (χ1n) is 13.2. The Balaban J connectivity index is 1.15. The lowest BCUT2D eigenvalue weighted by atomic mass is 9.63. The molecular formula is C30H29Cl2N3O3. The minimum Gasteiger partial charge on any atom is -0.376 e. The molecule has 6 nitrogen and oxygen atoms in total. The van der Waals surface area contributed by atoms with E-state index in [-0.39, 0.29) is 17.7 Å². The van der Waals surface area contributed by atoms with Gasteiger partial charge >= 0.3 is 0 Å². The van der Waals surface area contributed by atoms with Crippen molar-refractivity contribution in [2.45, 2.75) is 45.1 Å². The number of aromatic nitrogens is 2. The number of nitrogens with zero attached hydrogens (tertiary/aromatic N) is 2. The summed E-state index contributed by atoms with van der Waals surface area (Å²) in [6, 6.07) is 15.3. The highest BCUT2D eigenvalue weighted by atomic mass is 35.5. The van der Waals surface area contributed by atoms with Gasteiger partial charge in [-0.15, -0.1) is 0 Å². The van der Waals surface area contributed by atoms with Gasteiger partial charge in [-0.05, 0) is 55.4 Å². The second kappa shape index (κ2) is 10.7. The van der Waals surface area contributed by atoms with Crippen LogP contribution < -0.4 is 5.32 Å². The number of carbonyl (C=O) groups is 1. The summed E-state index contributed by atoms with van der Waals surface area (Å²) in [5, 5.41) is 9.50. The van der Waals surface area contributed by atoms with Crippen LogP contribution in [0, 0.1) is 17.8 Å². The molecule has 6 rings (SSSR count). The molecule has 0 saturated heterocycles. The maximum absolute atomic E-state index is 13.3. The molecule has 0 aliphatic heterocycles. The zero-order valence-corrected chi connectivity index (χ0v) is 22.6. The highest BCUT2D eigenvalue weighted by Crippen LogP contribution is 2.47. The van der Waals surface area contributed by atoms with Gasteiger partial charge in [0.1, 0.15) is 11.5 Å².